The van der Waals surface area contributed by atoms with Crippen molar-refractivity contribution in [2.75, 3.05) is 13.1 Å². The van der Waals surface area contributed by atoms with Crippen LogP contribution in [0.2, 0.25) is 0 Å². The largest absolute Gasteiger partial charge is 0.389 e. The molecule has 1 aliphatic rings. The highest BCUT2D eigenvalue weighted by molar-refractivity contribution is 5.85. The highest BCUT2D eigenvalue weighted by Gasteiger charge is 2.45. The molecule has 0 heterocycles. The third kappa shape index (κ3) is 3.70. The Morgan fingerprint density at radius 1 is 1.14 bits per heavy atom. The molecule has 1 N–H and O–H groups in total. The lowest BCUT2D eigenvalue weighted by Gasteiger charge is -2.36. The SMILES string of the molecule is CCCN(CCC)C(=O)C(c1ccccc1)C1(O)CCCC1. The van der Waals surface area contributed by atoms with Crippen LogP contribution in [0.3, 0.4) is 0 Å². The molecule has 0 bridgehead atoms. The van der Waals surface area contributed by atoms with Crippen LogP contribution in [0, 0.1) is 0 Å². The molecule has 1 fully saturated rings. The van der Waals surface area contributed by atoms with Gasteiger partial charge in [0.15, 0.2) is 0 Å². The molecule has 1 aromatic carbocycles. The molecule has 2 rings (SSSR count). The van der Waals surface area contributed by atoms with E-state index in [1.165, 1.54) is 0 Å². The van der Waals surface area contributed by atoms with Gasteiger partial charge in [-0.25, -0.2) is 0 Å². The first kappa shape index (κ1) is 17.0. The van der Waals surface area contributed by atoms with E-state index in [9.17, 15) is 9.90 Å². The van der Waals surface area contributed by atoms with E-state index in [-0.39, 0.29) is 5.91 Å². The van der Waals surface area contributed by atoms with Crippen molar-refractivity contribution in [3.63, 3.8) is 0 Å². The fourth-order valence-corrected chi connectivity index (χ4v) is 3.66. The Morgan fingerprint density at radius 3 is 2.18 bits per heavy atom. The monoisotopic (exact) mass is 303 g/mol. The van der Waals surface area contributed by atoms with Gasteiger partial charge in [-0.1, -0.05) is 57.0 Å². The molecule has 0 aliphatic heterocycles. The van der Waals surface area contributed by atoms with Gasteiger partial charge in [-0.3, -0.25) is 4.79 Å². The summed E-state index contributed by atoms with van der Waals surface area (Å²) < 4.78 is 0. The van der Waals surface area contributed by atoms with Crippen LogP contribution in [0.5, 0.6) is 0 Å². The average Bonchev–Trinajstić information content (AvgIpc) is 2.95. The van der Waals surface area contributed by atoms with Crippen LogP contribution in [0.25, 0.3) is 0 Å². The topological polar surface area (TPSA) is 40.5 Å². The molecule has 3 heteroatoms. The summed E-state index contributed by atoms with van der Waals surface area (Å²) >= 11 is 0. The van der Waals surface area contributed by atoms with E-state index in [0.717, 1.165) is 57.2 Å². The van der Waals surface area contributed by atoms with E-state index in [4.69, 9.17) is 0 Å². The van der Waals surface area contributed by atoms with Crippen molar-refractivity contribution in [2.24, 2.45) is 0 Å². The third-order valence-electron chi connectivity index (χ3n) is 4.69. The van der Waals surface area contributed by atoms with Crippen LogP contribution in [0.15, 0.2) is 30.3 Å². The van der Waals surface area contributed by atoms with Crippen LogP contribution in [0.1, 0.15) is 63.9 Å². The smallest absolute Gasteiger partial charge is 0.233 e. The van der Waals surface area contributed by atoms with Gasteiger partial charge in [0, 0.05) is 13.1 Å². The molecule has 3 nitrogen and oxygen atoms in total. The minimum Gasteiger partial charge on any atom is -0.389 e. The Bertz CT molecular complexity index is 460. The van der Waals surface area contributed by atoms with Gasteiger partial charge in [-0.15, -0.1) is 0 Å². The molecule has 122 valence electrons. The van der Waals surface area contributed by atoms with Crippen LogP contribution in [-0.4, -0.2) is 34.6 Å². The first-order chi connectivity index (χ1) is 10.6. The highest BCUT2D eigenvalue weighted by Crippen LogP contribution is 2.42. The second-order valence-electron chi connectivity index (χ2n) is 6.48. The summed E-state index contributed by atoms with van der Waals surface area (Å²) in [7, 11) is 0. The van der Waals surface area contributed by atoms with E-state index in [1.807, 2.05) is 35.2 Å². The molecular weight excluding hydrogens is 274 g/mol. The molecule has 0 saturated heterocycles. The number of hydrogen-bond acceptors (Lipinski definition) is 2. The Labute approximate surface area is 134 Å². The summed E-state index contributed by atoms with van der Waals surface area (Å²) in [6.07, 6.45) is 5.37. The van der Waals surface area contributed by atoms with Crippen molar-refractivity contribution in [3.8, 4) is 0 Å². The van der Waals surface area contributed by atoms with Gasteiger partial charge in [0.05, 0.1) is 11.5 Å². The van der Waals surface area contributed by atoms with Crippen molar-refractivity contribution in [3.05, 3.63) is 35.9 Å². The number of carbonyl (C=O) groups excluding carboxylic acids is 1. The van der Waals surface area contributed by atoms with Gasteiger partial charge >= 0.3 is 0 Å². The van der Waals surface area contributed by atoms with E-state index >= 15 is 0 Å². The maximum Gasteiger partial charge on any atom is 0.233 e. The maximum absolute atomic E-state index is 13.2. The molecule has 1 unspecified atom stereocenters. The van der Waals surface area contributed by atoms with E-state index in [0.29, 0.717) is 0 Å². The Hall–Kier alpha value is -1.35. The molecule has 1 amide bonds. The number of aliphatic hydroxyl groups is 1. The van der Waals surface area contributed by atoms with E-state index in [2.05, 4.69) is 13.8 Å². The minimum absolute atomic E-state index is 0.0966. The summed E-state index contributed by atoms with van der Waals surface area (Å²) in [4.78, 5) is 15.1. The number of carbonyl (C=O) groups is 1. The van der Waals surface area contributed by atoms with Crippen molar-refractivity contribution < 1.29 is 9.90 Å². The second-order valence-corrected chi connectivity index (χ2v) is 6.48. The van der Waals surface area contributed by atoms with Crippen molar-refractivity contribution in [2.45, 2.75) is 63.9 Å². The Balaban J connectivity index is 2.33. The van der Waals surface area contributed by atoms with Crippen LogP contribution in [-0.2, 0) is 4.79 Å². The molecule has 0 spiro atoms. The number of hydrogen-bond donors (Lipinski definition) is 1. The standard InChI is InChI=1S/C19H29NO2/c1-3-14-20(15-4-2)18(21)17(16-10-6-5-7-11-16)19(22)12-8-9-13-19/h5-7,10-11,17,22H,3-4,8-9,12-15H2,1-2H3. The summed E-state index contributed by atoms with van der Waals surface area (Å²) in [5.41, 5.74) is 0.0761. The first-order valence-corrected chi connectivity index (χ1v) is 8.68. The van der Waals surface area contributed by atoms with Crippen molar-refractivity contribution in [1.82, 2.24) is 4.90 Å². The Kier molecular flexibility index (Phi) is 6.01. The highest BCUT2D eigenvalue weighted by atomic mass is 16.3. The zero-order chi connectivity index (χ0) is 16.0. The molecule has 1 aromatic rings. The number of nitrogens with zero attached hydrogens (tertiary/aromatic N) is 1. The third-order valence-corrected chi connectivity index (χ3v) is 4.69. The summed E-state index contributed by atoms with van der Waals surface area (Å²) in [5.74, 6) is -0.325. The zero-order valence-corrected chi connectivity index (χ0v) is 13.9. The second kappa shape index (κ2) is 7.77. The lowest BCUT2D eigenvalue weighted by molar-refractivity contribution is -0.139. The molecule has 0 radical (unpaired) electrons. The average molecular weight is 303 g/mol. The predicted molar refractivity (Wildman–Crippen MR) is 89.8 cm³/mol. The van der Waals surface area contributed by atoms with E-state index < -0.39 is 11.5 Å². The number of rotatable bonds is 7. The van der Waals surface area contributed by atoms with Crippen molar-refractivity contribution in [1.29, 1.82) is 0 Å². The quantitative estimate of drug-likeness (QED) is 0.834. The summed E-state index contributed by atoms with van der Waals surface area (Å²) in [5, 5.41) is 11.1. The van der Waals surface area contributed by atoms with Gasteiger partial charge in [-0.05, 0) is 31.2 Å². The maximum atomic E-state index is 13.2. The van der Waals surface area contributed by atoms with Gasteiger partial charge in [0.2, 0.25) is 5.91 Å². The fourth-order valence-electron chi connectivity index (χ4n) is 3.66. The molecular formula is C19H29NO2. The molecule has 1 saturated carbocycles. The fraction of sp³-hybridized carbons (Fsp3) is 0.632. The van der Waals surface area contributed by atoms with Crippen LogP contribution in [0.4, 0.5) is 0 Å². The summed E-state index contributed by atoms with van der Waals surface area (Å²) in [6, 6.07) is 9.83. The summed E-state index contributed by atoms with van der Waals surface area (Å²) in [6.45, 7) is 5.73. The molecule has 1 aliphatic carbocycles. The predicted octanol–water partition coefficient (Wildman–Crippen LogP) is 3.72. The van der Waals surface area contributed by atoms with Gasteiger partial charge in [0.1, 0.15) is 0 Å². The zero-order valence-electron chi connectivity index (χ0n) is 13.9. The lowest BCUT2D eigenvalue weighted by atomic mass is 9.79. The van der Waals surface area contributed by atoms with Crippen molar-refractivity contribution >= 4 is 5.91 Å². The first-order valence-electron chi connectivity index (χ1n) is 8.68. The van der Waals surface area contributed by atoms with Crippen LogP contribution >= 0.6 is 0 Å². The molecule has 1 atom stereocenters. The lowest BCUT2D eigenvalue weighted by Crippen LogP contribution is -2.46. The Morgan fingerprint density at radius 2 is 1.68 bits per heavy atom. The normalized spacial score (nSPS) is 18.1. The van der Waals surface area contributed by atoms with E-state index in [1.54, 1.807) is 0 Å². The van der Waals surface area contributed by atoms with Gasteiger partial charge < -0.3 is 10.0 Å². The number of benzene rings is 1. The van der Waals surface area contributed by atoms with Gasteiger partial charge in [0.25, 0.3) is 0 Å². The van der Waals surface area contributed by atoms with Crippen LogP contribution < -0.4 is 0 Å². The van der Waals surface area contributed by atoms with Gasteiger partial charge in [-0.2, -0.15) is 0 Å². The minimum atomic E-state index is -0.877. The molecule has 0 aromatic heterocycles. The molecule has 22 heavy (non-hydrogen) atoms. The number of amides is 1.